The molecule has 1 saturated heterocycles. The summed E-state index contributed by atoms with van der Waals surface area (Å²) in [6.07, 6.45) is 12.5. The number of allylic oxidation sites excluding steroid dienone is 2. The second-order valence-electron chi connectivity index (χ2n) is 9.54. The molecule has 0 N–H and O–H groups in total. The van der Waals surface area contributed by atoms with Crippen molar-refractivity contribution >= 4 is 21.7 Å². The van der Waals surface area contributed by atoms with Gasteiger partial charge in [-0.05, 0) is 25.0 Å². The Morgan fingerprint density at radius 1 is 0.794 bits per heavy atom. The van der Waals surface area contributed by atoms with Gasteiger partial charge in [0.1, 0.15) is 0 Å². The average molecular weight is 633 g/mol. The Hall–Kier alpha value is -0.993. The first-order chi connectivity index (χ1) is 16.1. The predicted molar refractivity (Wildman–Crippen MR) is 149 cm³/mol. The Kier molecular flexibility index (Phi) is 13.1. The van der Waals surface area contributed by atoms with Crippen LogP contribution in [0, 0.1) is 12.8 Å². The van der Waals surface area contributed by atoms with Crippen LogP contribution in [0.3, 0.4) is 0 Å². The number of hydrogen-bond acceptors (Lipinski definition) is 0. The molecule has 0 aromatic heterocycles. The monoisotopic (exact) mass is 634 g/mol. The molecule has 1 aliphatic heterocycles. The van der Waals surface area contributed by atoms with Crippen LogP contribution in [0.1, 0.15) is 100 Å². The van der Waals surface area contributed by atoms with Crippen LogP contribution in [0.15, 0.2) is 59.7 Å². The van der Waals surface area contributed by atoms with Crippen molar-refractivity contribution in [1.82, 2.24) is 0 Å². The molecular formula is C32H42HfSi-2. The van der Waals surface area contributed by atoms with E-state index in [1.165, 1.54) is 87.1 Å². The Morgan fingerprint density at radius 3 is 1.59 bits per heavy atom. The van der Waals surface area contributed by atoms with Gasteiger partial charge in [0.25, 0.3) is 0 Å². The van der Waals surface area contributed by atoms with Gasteiger partial charge in [-0.1, -0.05) is 135 Å². The van der Waals surface area contributed by atoms with Crippen LogP contribution in [-0.4, -0.2) is 9.52 Å². The normalized spacial score (nSPS) is 19.6. The smallest absolute Gasteiger partial charge is 0.0377 e. The minimum absolute atomic E-state index is 0. The molecule has 2 unspecified atom stereocenters. The fraction of sp³-hybridized carbons (Fsp3) is 0.438. The zero-order valence-electron chi connectivity index (χ0n) is 21.8. The van der Waals surface area contributed by atoms with Crippen molar-refractivity contribution < 1.29 is 25.8 Å². The molecular weight excluding hydrogens is 591 g/mol. The summed E-state index contributed by atoms with van der Waals surface area (Å²) in [4.78, 5) is 0. The summed E-state index contributed by atoms with van der Waals surface area (Å²) in [5, 5.41) is 0. The molecule has 2 aromatic rings. The van der Waals surface area contributed by atoms with Crippen molar-refractivity contribution in [1.29, 1.82) is 0 Å². The maximum Gasteiger partial charge on any atom is 0.0377 e. The third-order valence-corrected chi connectivity index (χ3v) is 8.30. The summed E-state index contributed by atoms with van der Waals surface area (Å²) in [7, 11) is 1.31. The molecule has 2 atom stereocenters. The van der Waals surface area contributed by atoms with Gasteiger partial charge in [-0.3, -0.25) is 5.92 Å². The maximum absolute atomic E-state index is 3.60. The van der Waals surface area contributed by atoms with Crippen LogP contribution in [0.25, 0.3) is 12.2 Å². The summed E-state index contributed by atoms with van der Waals surface area (Å²) < 4.78 is 0. The third kappa shape index (κ3) is 7.26. The van der Waals surface area contributed by atoms with Gasteiger partial charge >= 0.3 is 0 Å². The predicted octanol–water partition coefficient (Wildman–Crippen LogP) is 9.70. The second-order valence-corrected chi connectivity index (χ2v) is 11.0. The molecule has 0 amide bonds. The van der Waals surface area contributed by atoms with Gasteiger partial charge in [0.2, 0.25) is 0 Å². The van der Waals surface area contributed by atoms with E-state index in [1.807, 2.05) is 0 Å². The Labute approximate surface area is 231 Å². The Balaban J connectivity index is 0.000000347. The number of hydrogen-bond donors (Lipinski definition) is 0. The van der Waals surface area contributed by atoms with Crippen LogP contribution in [0.2, 0.25) is 12.1 Å². The van der Waals surface area contributed by atoms with Gasteiger partial charge in [0.15, 0.2) is 0 Å². The summed E-state index contributed by atoms with van der Waals surface area (Å²) in [5.41, 5.74) is 8.79. The first-order valence-electron chi connectivity index (χ1n) is 13.0. The van der Waals surface area contributed by atoms with Crippen molar-refractivity contribution in [2.24, 2.45) is 0 Å². The van der Waals surface area contributed by atoms with Crippen molar-refractivity contribution in [3.8, 4) is 0 Å². The summed E-state index contributed by atoms with van der Waals surface area (Å²) >= 11 is 0. The number of rotatable bonds is 5. The summed E-state index contributed by atoms with van der Waals surface area (Å²) in [5.74, 6) is 2.62. The number of unbranched alkanes of at least 4 members (excludes halogenated alkanes) is 1. The van der Waals surface area contributed by atoms with E-state index >= 15 is 0 Å². The van der Waals surface area contributed by atoms with E-state index in [1.54, 1.807) is 5.92 Å². The summed E-state index contributed by atoms with van der Waals surface area (Å²) in [6, 6.07) is 20.9. The maximum atomic E-state index is 3.60. The third-order valence-electron chi connectivity index (χ3n) is 6.88. The quantitative estimate of drug-likeness (QED) is 0.227. The van der Waals surface area contributed by atoms with Crippen molar-refractivity contribution in [3.63, 3.8) is 0 Å². The molecule has 2 radical (unpaired) electrons. The van der Waals surface area contributed by atoms with E-state index in [-0.39, 0.29) is 25.8 Å². The van der Waals surface area contributed by atoms with Gasteiger partial charge < -0.3 is 6.92 Å². The minimum atomic E-state index is 0. The Bertz CT molecular complexity index is 860. The van der Waals surface area contributed by atoms with Crippen LogP contribution in [0.4, 0.5) is 0 Å². The average Bonchev–Trinajstić information content (AvgIpc) is 3.57. The van der Waals surface area contributed by atoms with E-state index in [9.17, 15) is 0 Å². The van der Waals surface area contributed by atoms with Gasteiger partial charge in [-0.25, -0.2) is 0 Å². The molecule has 2 aromatic carbocycles. The van der Waals surface area contributed by atoms with E-state index in [2.05, 4.69) is 95.3 Å². The molecule has 1 fully saturated rings. The molecule has 34 heavy (non-hydrogen) atoms. The zero-order chi connectivity index (χ0) is 23.6. The molecule has 3 aliphatic rings. The molecule has 2 heteroatoms. The summed E-state index contributed by atoms with van der Waals surface area (Å²) in [6.45, 7) is 12.6. The second kappa shape index (κ2) is 15.2. The van der Waals surface area contributed by atoms with E-state index in [4.69, 9.17) is 0 Å². The topological polar surface area (TPSA) is 0 Å². The van der Waals surface area contributed by atoms with Crippen molar-refractivity contribution in [2.45, 2.75) is 90.1 Å². The molecule has 5 rings (SSSR count). The van der Waals surface area contributed by atoms with Crippen LogP contribution >= 0.6 is 0 Å². The zero-order valence-corrected chi connectivity index (χ0v) is 26.4. The van der Waals surface area contributed by atoms with E-state index in [0.717, 1.165) is 6.42 Å². The fourth-order valence-corrected chi connectivity index (χ4v) is 6.56. The molecule has 0 bridgehead atoms. The van der Waals surface area contributed by atoms with E-state index in [0.29, 0.717) is 11.8 Å². The van der Waals surface area contributed by atoms with Crippen molar-refractivity contribution in [2.75, 3.05) is 0 Å². The molecule has 1 heterocycles. The fourth-order valence-electron chi connectivity index (χ4n) is 5.31. The van der Waals surface area contributed by atoms with E-state index < -0.39 is 0 Å². The molecule has 0 spiro atoms. The minimum Gasteiger partial charge on any atom is -0.343 e. The number of benzene rings is 2. The Morgan fingerprint density at radius 2 is 1.24 bits per heavy atom. The first kappa shape index (κ1) is 29.2. The van der Waals surface area contributed by atoms with Crippen LogP contribution in [-0.2, 0) is 25.8 Å². The van der Waals surface area contributed by atoms with Gasteiger partial charge in [-0.15, -0.1) is 11.8 Å². The molecule has 180 valence electrons. The number of fused-ring (bicyclic) bond motifs is 2. The molecule has 0 nitrogen and oxygen atoms in total. The first-order valence-corrected chi connectivity index (χ1v) is 14.4. The van der Waals surface area contributed by atoms with Crippen molar-refractivity contribution in [3.05, 3.63) is 94.8 Å². The van der Waals surface area contributed by atoms with Crippen LogP contribution in [0.5, 0.6) is 0 Å². The van der Waals surface area contributed by atoms with Crippen LogP contribution < -0.4 is 0 Å². The SMILES string of the molecule is C1CC[Si]C1.CCC[C-](C1C(C)=Cc2ccccc21)C1C(C)=Cc2ccccc21.[CH2-]CCC.[Hf]. The van der Waals surface area contributed by atoms with Gasteiger partial charge in [-0.2, -0.15) is 12.8 Å². The molecule has 0 saturated carbocycles. The standard InChI is InChI=1S/C24H25.C4H8Si.C4H9.Hf/c1-4-9-22(23-16(2)14-18-10-5-7-12-20(18)23)24-17(3)15-19-11-6-8-13-21(19)24;1-2-4-5-3-1;1-3-4-2;/h5-8,10-15,23-24H,4,9H2,1-3H3;1-4H2;1,3-4H2,2H3;/q-1;;-1;. The largest absolute Gasteiger partial charge is 0.343 e. The van der Waals surface area contributed by atoms with Gasteiger partial charge in [0, 0.05) is 35.4 Å². The van der Waals surface area contributed by atoms with Gasteiger partial charge in [0.05, 0.1) is 0 Å². The molecule has 2 aliphatic carbocycles.